The monoisotopic (exact) mass is 388 g/mol. The molecule has 2 aromatic carbocycles. The molecule has 0 heterocycles. The highest BCUT2D eigenvalue weighted by Gasteiger charge is 2.16. The van der Waals surface area contributed by atoms with Crippen LogP contribution in [-0.2, 0) is 11.2 Å². The van der Waals surface area contributed by atoms with Crippen molar-refractivity contribution in [3.63, 3.8) is 0 Å². The summed E-state index contributed by atoms with van der Waals surface area (Å²) in [6, 6.07) is 8.91. The Morgan fingerprint density at radius 2 is 1.68 bits per heavy atom. The molecule has 2 rings (SSSR count). The zero-order valence-corrected chi connectivity index (χ0v) is 16.8. The molecule has 0 aromatic heterocycles. The fourth-order valence-electron chi connectivity index (χ4n) is 2.37. The Bertz CT molecular complexity index is 798. The van der Waals surface area contributed by atoms with Gasteiger partial charge in [0.15, 0.2) is 6.61 Å². The summed E-state index contributed by atoms with van der Waals surface area (Å²) >= 11 is 0. The molecule has 2 aromatic rings. The molecule has 0 saturated carbocycles. The van der Waals surface area contributed by atoms with Gasteiger partial charge in [-0.2, -0.15) is 0 Å². The number of rotatable bonds is 7. The first-order chi connectivity index (χ1) is 13.4. The summed E-state index contributed by atoms with van der Waals surface area (Å²) in [6.07, 6.45) is 2.64. The number of aryl methyl sites for hydroxylation is 1. The van der Waals surface area contributed by atoms with E-state index in [1.54, 1.807) is 18.2 Å². The van der Waals surface area contributed by atoms with Gasteiger partial charge in [-0.05, 0) is 36.2 Å². The van der Waals surface area contributed by atoms with Crippen molar-refractivity contribution in [1.29, 1.82) is 0 Å². The van der Waals surface area contributed by atoms with Crippen LogP contribution in [0.5, 0.6) is 17.2 Å². The van der Waals surface area contributed by atoms with Crippen LogP contribution in [0.3, 0.4) is 0 Å². The fraction of sp³-hybridized carbons (Fsp3) is 0.364. The molecule has 6 heteroatoms. The van der Waals surface area contributed by atoms with E-state index in [2.05, 4.69) is 18.6 Å². The molecule has 0 fully saturated rings. The van der Waals surface area contributed by atoms with Gasteiger partial charge in [-0.1, -0.05) is 39.7 Å². The number of carbonyl (C=O) groups excluding carboxylic acids is 2. The zero-order valence-electron chi connectivity index (χ0n) is 16.8. The minimum absolute atomic E-state index is 0.0393. The first-order valence-electron chi connectivity index (χ1n) is 9.27. The number of hydrogen-bond acceptors (Lipinski definition) is 6. The number of phenolic OH excluding ortho intramolecular Hbond substituents is 2. The zero-order chi connectivity index (χ0) is 21.1. The molecular weight excluding hydrogens is 360 g/mol. The number of ketones is 1. The molecule has 152 valence electrons. The molecular formula is C22H28O6. The SMILES string of the molecule is CCC.CCCc1cc(C(=O)COc2cccc(C(=O)OC)c2)c(O)cc1O. The third kappa shape index (κ3) is 6.61. The van der Waals surface area contributed by atoms with Crippen LogP contribution in [0.25, 0.3) is 0 Å². The maximum absolute atomic E-state index is 12.3. The van der Waals surface area contributed by atoms with Crippen LogP contribution in [0.1, 0.15) is 59.9 Å². The van der Waals surface area contributed by atoms with Crippen molar-refractivity contribution in [2.45, 2.75) is 40.0 Å². The first kappa shape index (κ1) is 23.0. The molecule has 0 atom stereocenters. The highest BCUT2D eigenvalue weighted by Crippen LogP contribution is 2.29. The van der Waals surface area contributed by atoms with E-state index in [-0.39, 0.29) is 23.7 Å². The minimum Gasteiger partial charge on any atom is -0.508 e. The van der Waals surface area contributed by atoms with Crippen molar-refractivity contribution in [2.24, 2.45) is 0 Å². The second-order valence-electron chi connectivity index (χ2n) is 6.19. The van der Waals surface area contributed by atoms with Crippen LogP contribution in [-0.4, -0.2) is 35.7 Å². The number of ether oxygens (including phenoxy) is 2. The molecule has 2 N–H and O–H groups in total. The molecule has 6 nitrogen and oxygen atoms in total. The maximum Gasteiger partial charge on any atom is 0.337 e. The number of Topliss-reactive ketones (excluding diaryl/α,β-unsaturated/α-hetero) is 1. The molecule has 0 spiro atoms. The lowest BCUT2D eigenvalue weighted by Gasteiger charge is -2.10. The van der Waals surface area contributed by atoms with Crippen LogP contribution in [0.15, 0.2) is 36.4 Å². The standard InChI is InChI=1S/C19H20O6.C3H8/c1-3-5-12-9-15(17(21)10-16(12)20)18(22)11-25-14-7-4-6-13(8-14)19(23)24-2;1-3-2/h4,6-10,20-21H,3,5,11H2,1-2H3;3H2,1-2H3. The molecule has 0 bridgehead atoms. The number of benzene rings is 2. The summed E-state index contributed by atoms with van der Waals surface area (Å²) in [4.78, 5) is 23.8. The Morgan fingerprint density at radius 1 is 1.00 bits per heavy atom. The Hall–Kier alpha value is -3.02. The molecule has 0 aliphatic rings. The van der Waals surface area contributed by atoms with E-state index in [4.69, 9.17) is 4.74 Å². The molecule has 0 unspecified atom stereocenters. The third-order valence-electron chi connectivity index (χ3n) is 3.64. The lowest BCUT2D eigenvalue weighted by Crippen LogP contribution is -2.12. The highest BCUT2D eigenvalue weighted by molar-refractivity contribution is 6.00. The largest absolute Gasteiger partial charge is 0.508 e. The molecule has 0 aliphatic carbocycles. The molecule has 0 amide bonds. The van der Waals surface area contributed by atoms with E-state index in [9.17, 15) is 19.8 Å². The fourth-order valence-corrected chi connectivity index (χ4v) is 2.37. The molecule has 0 radical (unpaired) electrons. The van der Waals surface area contributed by atoms with Crippen LogP contribution in [0.2, 0.25) is 0 Å². The Morgan fingerprint density at radius 3 is 2.29 bits per heavy atom. The third-order valence-corrected chi connectivity index (χ3v) is 3.64. The summed E-state index contributed by atoms with van der Waals surface area (Å²) in [6.45, 7) is 5.89. The number of aromatic hydroxyl groups is 2. The topological polar surface area (TPSA) is 93.1 Å². The van der Waals surface area contributed by atoms with Gasteiger partial charge >= 0.3 is 5.97 Å². The summed E-state index contributed by atoms with van der Waals surface area (Å²) in [5, 5.41) is 19.7. The molecule has 0 aliphatic heterocycles. The average molecular weight is 388 g/mol. The minimum atomic E-state index is -0.503. The number of carbonyl (C=O) groups is 2. The van der Waals surface area contributed by atoms with Crippen molar-refractivity contribution >= 4 is 11.8 Å². The van der Waals surface area contributed by atoms with E-state index in [1.807, 2.05) is 6.92 Å². The molecule has 0 saturated heterocycles. The van der Waals surface area contributed by atoms with Crippen molar-refractivity contribution in [2.75, 3.05) is 13.7 Å². The van der Waals surface area contributed by atoms with Gasteiger partial charge in [-0.25, -0.2) is 4.79 Å². The van der Waals surface area contributed by atoms with Crippen molar-refractivity contribution < 1.29 is 29.3 Å². The number of methoxy groups -OCH3 is 1. The van der Waals surface area contributed by atoms with Gasteiger partial charge in [0.1, 0.15) is 17.2 Å². The van der Waals surface area contributed by atoms with Gasteiger partial charge in [0.05, 0.1) is 18.2 Å². The maximum atomic E-state index is 12.3. The van der Waals surface area contributed by atoms with Crippen molar-refractivity contribution in [3.05, 3.63) is 53.1 Å². The van der Waals surface area contributed by atoms with Gasteiger partial charge < -0.3 is 19.7 Å². The van der Waals surface area contributed by atoms with Gasteiger partial charge in [0.25, 0.3) is 0 Å². The summed E-state index contributed by atoms with van der Waals surface area (Å²) in [5.41, 5.74) is 0.992. The van der Waals surface area contributed by atoms with Crippen LogP contribution in [0, 0.1) is 0 Å². The van der Waals surface area contributed by atoms with E-state index in [0.29, 0.717) is 23.3 Å². The average Bonchev–Trinajstić information content (AvgIpc) is 2.68. The summed E-state index contributed by atoms with van der Waals surface area (Å²) < 4.78 is 10.0. The van der Waals surface area contributed by atoms with E-state index < -0.39 is 11.8 Å². The predicted octanol–water partition coefficient (Wildman–Crippen LogP) is 4.51. The number of esters is 1. The van der Waals surface area contributed by atoms with Crippen LogP contribution < -0.4 is 4.74 Å². The number of hydrogen-bond donors (Lipinski definition) is 2. The van der Waals surface area contributed by atoms with E-state index in [0.717, 1.165) is 12.5 Å². The lowest BCUT2D eigenvalue weighted by molar-refractivity contribution is 0.0600. The predicted molar refractivity (Wildman–Crippen MR) is 107 cm³/mol. The van der Waals surface area contributed by atoms with E-state index >= 15 is 0 Å². The summed E-state index contributed by atoms with van der Waals surface area (Å²) in [7, 11) is 1.28. The quantitative estimate of drug-likeness (QED) is 0.535. The highest BCUT2D eigenvalue weighted by atomic mass is 16.5. The smallest absolute Gasteiger partial charge is 0.337 e. The van der Waals surface area contributed by atoms with E-state index in [1.165, 1.54) is 25.7 Å². The van der Waals surface area contributed by atoms with Crippen molar-refractivity contribution in [1.82, 2.24) is 0 Å². The van der Waals surface area contributed by atoms with Gasteiger partial charge in [0.2, 0.25) is 5.78 Å². The van der Waals surface area contributed by atoms with Crippen molar-refractivity contribution in [3.8, 4) is 17.2 Å². The normalized spacial score (nSPS) is 9.86. The Balaban J connectivity index is 0.00000122. The van der Waals surface area contributed by atoms with Crippen LogP contribution >= 0.6 is 0 Å². The summed E-state index contributed by atoms with van der Waals surface area (Å²) in [5.74, 6) is -0.935. The van der Waals surface area contributed by atoms with Gasteiger partial charge in [-0.15, -0.1) is 0 Å². The lowest BCUT2D eigenvalue weighted by atomic mass is 10.0. The van der Waals surface area contributed by atoms with Crippen LogP contribution in [0.4, 0.5) is 0 Å². The van der Waals surface area contributed by atoms with Gasteiger partial charge in [-0.3, -0.25) is 4.79 Å². The Labute approximate surface area is 165 Å². The second kappa shape index (κ2) is 11.6. The number of phenols is 2. The second-order valence-corrected chi connectivity index (χ2v) is 6.19. The first-order valence-corrected chi connectivity index (χ1v) is 9.27. The Kier molecular flexibility index (Phi) is 9.57. The van der Waals surface area contributed by atoms with Gasteiger partial charge in [0, 0.05) is 6.07 Å². The molecule has 28 heavy (non-hydrogen) atoms.